The monoisotopic (exact) mass is 568 g/mol. The van der Waals surface area contributed by atoms with Crippen molar-refractivity contribution in [3.8, 4) is 11.1 Å². The lowest BCUT2D eigenvalue weighted by molar-refractivity contribution is 0.597. The maximum atomic E-state index is 15.6. The molecule has 0 aliphatic carbocycles. The number of nitrogens with one attached hydrogen (secondary N) is 1. The quantitative estimate of drug-likeness (QED) is 0.234. The minimum atomic E-state index is -0.645. The van der Waals surface area contributed by atoms with Crippen LogP contribution in [0.4, 0.5) is 8.78 Å². The van der Waals surface area contributed by atoms with Crippen LogP contribution in [-0.4, -0.2) is 36.8 Å². The smallest absolute Gasteiger partial charge is 0.158 e. The van der Waals surface area contributed by atoms with E-state index in [0.29, 0.717) is 34.3 Å². The van der Waals surface area contributed by atoms with Gasteiger partial charge >= 0.3 is 0 Å². The van der Waals surface area contributed by atoms with Crippen molar-refractivity contribution in [3.63, 3.8) is 0 Å². The molecule has 210 valence electrons. The summed E-state index contributed by atoms with van der Waals surface area (Å²) >= 11 is 0. The van der Waals surface area contributed by atoms with Gasteiger partial charge in [0.1, 0.15) is 5.82 Å². The van der Waals surface area contributed by atoms with Crippen LogP contribution in [0.15, 0.2) is 84.4 Å². The fourth-order valence-electron chi connectivity index (χ4n) is 6.16. The Balaban J connectivity index is 1.10. The topological polar surface area (TPSA) is 71.8 Å². The Morgan fingerprint density at radius 3 is 2.51 bits per heavy atom. The average Bonchev–Trinajstić information content (AvgIpc) is 3.53. The van der Waals surface area contributed by atoms with Gasteiger partial charge in [0, 0.05) is 94.0 Å². The summed E-state index contributed by atoms with van der Waals surface area (Å²) in [6.07, 6.45) is 12.3. The summed E-state index contributed by atoms with van der Waals surface area (Å²) in [6, 6.07) is 15.5. The first-order valence-corrected chi connectivity index (χ1v) is 14.2. The van der Waals surface area contributed by atoms with E-state index in [0.717, 1.165) is 50.8 Å². The van der Waals surface area contributed by atoms with Gasteiger partial charge in [-0.05, 0) is 54.8 Å². The van der Waals surface area contributed by atoms with Crippen LogP contribution in [0.1, 0.15) is 30.3 Å². The predicted octanol–water partition coefficient (Wildman–Crippen LogP) is 7.93. The van der Waals surface area contributed by atoms with Crippen molar-refractivity contribution < 1.29 is 8.78 Å². The third-order valence-corrected chi connectivity index (χ3v) is 8.49. The van der Waals surface area contributed by atoms with E-state index in [1.54, 1.807) is 30.6 Å². The number of benzene rings is 2. The fraction of sp³-hybridized carbons (Fsp3) is 0.143. The molecular formula is C35H26F2N6. The number of dihydropyridines is 1. The molecule has 8 rings (SSSR count). The number of hydrogen-bond acceptors (Lipinski definition) is 4. The van der Waals surface area contributed by atoms with Gasteiger partial charge in [-0.3, -0.25) is 19.9 Å². The third-order valence-electron chi connectivity index (χ3n) is 8.49. The van der Waals surface area contributed by atoms with E-state index in [9.17, 15) is 0 Å². The van der Waals surface area contributed by atoms with Gasteiger partial charge in [0.2, 0.25) is 0 Å². The molecule has 0 amide bonds. The SMILES string of the molecule is CC1CC=C(c2ccc3c4cnc(Cc5ccc(-c6c(F)cc7c([nH]c8ccncc87)c6F)cn5)cc4n(C)c3c2)C=N1. The number of halogens is 2. The fourth-order valence-corrected chi connectivity index (χ4v) is 6.16. The van der Waals surface area contributed by atoms with Crippen LogP contribution in [0.2, 0.25) is 0 Å². The number of pyridine rings is 3. The zero-order valence-corrected chi connectivity index (χ0v) is 23.6. The van der Waals surface area contributed by atoms with Crippen LogP contribution < -0.4 is 0 Å². The van der Waals surface area contributed by atoms with Crippen molar-refractivity contribution in [1.29, 1.82) is 0 Å². The molecule has 1 aliphatic rings. The molecule has 6 nitrogen and oxygen atoms in total. The van der Waals surface area contributed by atoms with Crippen LogP contribution in [0.5, 0.6) is 0 Å². The first-order valence-electron chi connectivity index (χ1n) is 14.2. The lowest BCUT2D eigenvalue weighted by Gasteiger charge is -2.12. The first-order chi connectivity index (χ1) is 20.9. The van der Waals surface area contributed by atoms with Gasteiger partial charge in [0.05, 0.1) is 22.6 Å². The summed E-state index contributed by atoms with van der Waals surface area (Å²) in [5, 5.41) is 3.38. The van der Waals surface area contributed by atoms with Crippen molar-refractivity contribution in [2.45, 2.75) is 25.8 Å². The molecule has 7 aromatic rings. The van der Waals surface area contributed by atoms with Crippen LogP contribution in [0, 0.1) is 11.6 Å². The largest absolute Gasteiger partial charge is 0.352 e. The summed E-state index contributed by atoms with van der Waals surface area (Å²) < 4.78 is 33.0. The Morgan fingerprint density at radius 2 is 1.70 bits per heavy atom. The lowest BCUT2D eigenvalue weighted by atomic mass is 10.0. The molecule has 8 heteroatoms. The van der Waals surface area contributed by atoms with Gasteiger partial charge in [-0.1, -0.05) is 24.3 Å². The Labute approximate surface area is 245 Å². The minimum Gasteiger partial charge on any atom is -0.352 e. The molecule has 1 unspecified atom stereocenters. The summed E-state index contributed by atoms with van der Waals surface area (Å²) in [6.45, 7) is 2.12. The highest BCUT2D eigenvalue weighted by atomic mass is 19.1. The van der Waals surface area contributed by atoms with Gasteiger partial charge in [-0.15, -0.1) is 0 Å². The number of allylic oxidation sites excluding steroid dienone is 1. The highest BCUT2D eigenvalue weighted by Crippen LogP contribution is 2.35. The minimum absolute atomic E-state index is 0.106. The van der Waals surface area contributed by atoms with E-state index in [2.05, 4.69) is 68.8 Å². The molecule has 43 heavy (non-hydrogen) atoms. The molecule has 2 aromatic carbocycles. The maximum Gasteiger partial charge on any atom is 0.158 e. The average molecular weight is 569 g/mol. The van der Waals surface area contributed by atoms with Gasteiger partial charge in [0.25, 0.3) is 0 Å². The Morgan fingerprint density at radius 1 is 0.860 bits per heavy atom. The summed E-state index contributed by atoms with van der Waals surface area (Å²) in [5.74, 6) is -1.29. The third kappa shape index (κ3) is 4.13. The summed E-state index contributed by atoms with van der Waals surface area (Å²) in [7, 11) is 2.07. The molecule has 6 heterocycles. The predicted molar refractivity (Wildman–Crippen MR) is 168 cm³/mol. The second-order valence-electron chi connectivity index (χ2n) is 11.2. The molecule has 0 saturated heterocycles. The van der Waals surface area contributed by atoms with E-state index in [1.165, 1.54) is 12.3 Å². The molecule has 5 aromatic heterocycles. The number of aryl methyl sites for hydroxylation is 1. The van der Waals surface area contributed by atoms with Crippen LogP contribution in [0.3, 0.4) is 0 Å². The van der Waals surface area contributed by atoms with Crippen LogP contribution in [0.25, 0.3) is 60.3 Å². The number of aromatic amines is 1. The number of hydrogen-bond donors (Lipinski definition) is 1. The Bertz CT molecular complexity index is 2290. The van der Waals surface area contributed by atoms with Crippen molar-refractivity contribution >= 4 is 55.4 Å². The molecule has 1 atom stereocenters. The van der Waals surface area contributed by atoms with E-state index in [1.807, 2.05) is 12.4 Å². The zero-order chi connectivity index (χ0) is 29.2. The standard InChI is InChI=1S/C35H26F2N6/c1-19-3-4-21(15-39-19)20-6-8-25-28-18-41-24(13-32(28)43(2)31(25)11-20)12-23-7-5-22(16-40-23)33-29(36)14-26-27-17-38-10-9-30(27)42-35(26)34(33)37/h4-11,13-19,42H,3,12H2,1-2H3. The number of nitrogens with zero attached hydrogens (tertiary/aromatic N) is 5. The van der Waals surface area contributed by atoms with Crippen molar-refractivity contribution in [2.24, 2.45) is 12.0 Å². The van der Waals surface area contributed by atoms with Gasteiger partial charge in [-0.2, -0.15) is 0 Å². The van der Waals surface area contributed by atoms with Gasteiger partial charge in [-0.25, -0.2) is 8.78 Å². The number of H-pyrrole nitrogens is 1. The van der Waals surface area contributed by atoms with Gasteiger partial charge in [0.15, 0.2) is 5.82 Å². The van der Waals surface area contributed by atoms with E-state index < -0.39 is 11.6 Å². The summed E-state index contributed by atoms with van der Waals surface area (Å²) in [5.41, 5.74) is 7.36. The molecule has 0 bridgehead atoms. The molecule has 0 radical (unpaired) electrons. The van der Waals surface area contributed by atoms with E-state index in [-0.39, 0.29) is 11.1 Å². The van der Waals surface area contributed by atoms with E-state index in [4.69, 9.17) is 4.98 Å². The Kier molecular flexibility index (Phi) is 5.72. The van der Waals surface area contributed by atoms with Crippen molar-refractivity contribution in [3.05, 3.63) is 108 Å². The second kappa shape index (κ2) is 9.66. The molecule has 0 saturated carbocycles. The molecule has 1 N–H and O–H groups in total. The summed E-state index contributed by atoms with van der Waals surface area (Å²) in [4.78, 5) is 21.0. The zero-order valence-electron chi connectivity index (χ0n) is 23.6. The molecule has 0 fully saturated rings. The molecular weight excluding hydrogens is 542 g/mol. The first kappa shape index (κ1) is 25.5. The number of aliphatic imine (C=N–C) groups is 1. The molecule has 1 aliphatic heterocycles. The van der Waals surface area contributed by atoms with Crippen LogP contribution >= 0.6 is 0 Å². The second-order valence-corrected chi connectivity index (χ2v) is 11.2. The van der Waals surface area contributed by atoms with Crippen molar-refractivity contribution in [1.82, 2.24) is 24.5 Å². The number of rotatable bonds is 4. The van der Waals surface area contributed by atoms with E-state index >= 15 is 8.78 Å². The Hall–Kier alpha value is -5.24. The van der Waals surface area contributed by atoms with Gasteiger partial charge < -0.3 is 9.55 Å². The highest BCUT2D eigenvalue weighted by Gasteiger charge is 2.19. The molecule has 0 spiro atoms. The maximum absolute atomic E-state index is 15.6. The number of aromatic nitrogens is 5. The van der Waals surface area contributed by atoms with Crippen molar-refractivity contribution in [2.75, 3.05) is 0 Å². The highest BCUT2D eigenvalue weighted by molar-refractivity contribution is 6.14. The normalized spacial score (nSPS) is 15.3. The lowest BCUT2D eigenvalue weighted by Crippen LogP contribution is -2.03. The number of fused-ring (bicyclic) bond motifs is 6. The van der Waals surface area contributed by atoms with Crippen LogP contribution in [-0.2, 0) is 13.5 Å².